The van der Waals surface area contributed by atoms with Gasteiger partial charge < -0.3 is 86.4 Å². The molecule has 10 atom stereocenters. The molecule has 32 nitrogen and oxygen atoms in total. The molecule has 0 saturated carbocycles. The molecule has 36 heteroatoms. The average molecular weight is 890 g/mol. The van der Waals surface area contributed by atoms with Crippen molar-refractivity contribution in [2.75, 3.05) is 24.7 Å². The molecule has 0 aromatic carbocycles. The normalized spacial score (nSPS) is 27.4. The number of hydrogen-bond donors (Lipinski definition) is 14. The Labute approximate surface area is 309 Å². The summed E-state index contributed by atoms with van der Waals surface area (Å²) in [7, 11) is -22.6. The van der Waals surface area contributed by atoms with Gasteiger partial charge in [0.1, 0.15) is 60.3 Å². The Morgan fingerprint density at radius 3 is 1.21 bits per heavy atom. The van der Waals surface area contributed by atoms with Gasteiger partial charge in [0.2, 0.25) is 0 Å². The Balaban J connectivity index is 0.000000224. The molecule has 6 heterocycles. The van der Waals surface area contributed by atoms with Crippen LogP contribution in [0.4, 0.5) is 11.6 Å². The van der Waals surface area contributed by atoms with Crippen LogP contribution in [-0.4, -0.2) is 154 Å². The lowest BCUT2D eigenvalue weighted by atomic mass is 10.1. The predicted molar refractivity (Wildman–Crippen MR) is 176 cm³/mol. The quantitative estimate of drug-likeness (QED) is 0.0661. The highest BCUT2D eigenvalue weighted by molar-refractivity contribution is 7.69. The number of nitrogens with zero attached hydrogens (tertiary/aromatic N) is 8. The van der Waals surface area contributed by atoms with Crippen molar-refractivity contribution in [1.29, 1.82) is 0 Å². The van der Waals surface area contributed by atoms with Crippen LogP contribution in [-0.2, 0) is 40.7 Å². The van der Waals surface area contributed by atoms with E-state index in [4.69, 9.17) is 60.5 Å². The van der Waals surface area contributed by atoms with Crippen LogP contribution in [0, 0.1) is 0 Å². The maximum atomic E-state index is 10.7. The first-order valence-electron chi connectivity index (χ1n) is 14.4. The van der Waals surface area contributed by atoms with Gasteiger partial charge in [-0.2, -0.15) is 12.9 Å². The van der Waals surface area contributed by atoms with Gasteiger partial charge in [-0.15, -0.1) is 0 Å². The summed E-state index contributed by atoms with van der Waals surface area (Å²) in [6, 6.07) is 0. The van der Waals surface area contributed by atoms with E-state index in [1.165, 1.54) is 34.4 Å². The van der Waals surface area contributed by atoms with Crippen LogP contribution < -0.4 is 11.5 Å². The van der Waals surface area contributed by atoms with Gasteiger partial charge in [0.15, 0.2) is 35.4 Å². The maximum Gasteiger partial charge on any atom is 0.490 e. The summed E-state index contributed by atoms with van der Waals surface area (Å²) in [6.45, 7) is -0.781. The summed E-state index contributed by atoms with van der Waals surface area (Å²) in [6.07, 6.45) is -2.85. The van der Waals surface area contributed by atoms with E-state index >= 15 is 0 Å². The van der Waals surface area contributed by atoms with E-state index in [9.17, 15) is 38.7 Å². The number of ether oxygens (including phenoxy) is 2. The molecule has 0 aliphatic carbocycles. The summed E-state index contributed by atoms with van der Waals surface area (Å²) in [5.41, 5.74) is 12.9. The number of anilines is 2. The smallest absolute Gasteiger partial charge is 0.412 e. The van der Waals surface area contributed by atoms with Crippen molar-refractivity contribution >= 4 is 65.3 Å². The summed E-state index contributed by atoms with van der Waals surface area (Å²) >= 11 is 0. The van der Waals surface area contributed by atoms with Crippen molar-refractivity contribution in [2.45, 2.75) is 49.1 Å². The molecule has 2 aliphatic rings. The third-order valence-corrected chi connectivity index (χ3v) is 12.0. The minimum absolute atomic E-state index is 0. The number of imidazole rings is 2. The van der Waals surface area contributed by atoms with E-state index in [1.807, 2.05) is 0 Å². The van der Waals surface area contributed by atoms with Crippen LogP contribution in [0.25, 0.3) is 22.3 Å². The van der Waals surface area contributed by atoms with E-state index in [1.54, 1.807) is 0 Å². The number of aliphatic hydroxyl groups excluding tert-OH is 6. The first-order chi connectivity index (χ1) is 25.4. The zero-order valence-electron chi connectivity index (χ0n) is 27.4. The molecule has 18 N–H and O–H groups in total. The molecule has 316 valence electrons. The minimum atomic E-state index is -5.77. The molecule has 4 aromatic rings. The zero-order chi connectivity index (χ0) is 41.3. The number of nitrogen functional groups attached to an aromatic ring is 2. The summed E-state index contributed by atoms with van der Waals surface area (Å²) in [5, 5.41) is 57.5. The Morgan fingerprint density at radius 1 is 0.589 bits per heavy atom. The van der Waals surface area contributed by atoms with Gasteiger partial charge in [-0.1, -0.05) is 0 Å². The van der Waals surface area contributed by atoms with Gasteiger partial charge in [0.05, 0.1) is 25.9 Å². The van der Waals surface area contributed by atoms with Crippen molar-refractivity contribution in [1.82, 2.24) is 39.0 Å². The van der Waals surface area contributed by atoms with Crippen molar-refractivity contribution in [3.8, 4) is 0 Å². The average Bonchev–Trinajstić information content (AvgIpc) is 3.81. The Hall–Kier alpha value is -3.10. The third kappa shape index (κ3) is 11.5. The van der Waals surface area contributed by atoms with Crippen LogP contribution in [0.15, 0.2) is 25.3 Å². The molecular weight excluding hydrogens is 856 g/mol. The molecule has 56 heavy (non-hydrogen) atoms. The van der Waals surface area contributed by atoms with Crippen LogP contribution in [0.2, 0.25) is 0 Å². The van der Waals surface area contributed by atoms with Crippen molar-refractivity contribution in [2.24, 2.45) is 0 Å². The number of aromatic nitrogens is 8. The lowest BCUT2D eigenvalue weighted by Crippen LogP contribution is -2.33. The zero-order valence-corrected chi connectivity index (χ0v) is 31.0. The minimum Gasteiger partial charge on any atom is -0.412 e. The SMILES string of the molecule is Nc1ncnc2c1ncn2[C@@H]1O[C@H](CO)[C@@H](O)[C@H]1O.Nc1ncnc2c1ncn2[C@@H]1O[C@H](CO)[C@@H](O)[C@H]1O.O.O=P(O)(O)OP(=O)(O)OP(=O)(O)OP(=O)(O)O. The Bertz CT molecular complexity index is 2000. The van der Waals surface area contributed by atoms with E-state index in [0.29, 0.717) is 22.3 Å². The summed E-state index contributed by atoms with van der Waals surface area (Å²) in [5.74, 6) is 0.436. The van der Waals surface area contributed by atoms with Crippen molar-refractivity contribution in [3.63, 3.8) is 0 Å². The van der Waals surface area contributed by atoms with E-state index in [2.05, 4.69) is 42.8 Å². The van der Waals surface area contributed by atoms with Crippen molar-refractivity contribution in [3.05, 3.63) is 25.3 Å². The van der Waals surface area contributed by atoms with Gasteiger partial charge >= 0.3 is 31.3 Å². The molecule has 0 spiro atoms. The fourth-order valence-corrected chi connectivity index (χ4v) is 8.73. The largest absolute Gasteiger partial charge is 0.490 e. The fourth-order valence-electron chi connectivity index (χ4n) is 4.76. The number of aliphatic hydroxyl groups is 6. The van der Waals surface area contributed by atoms with Gasteiger partial charge in [-0.25, -0.2) is 48.2 Å². The predicted octanol–water partition coefficient (Wildman–Crippen LogP) is -5.36. The van der Waals surface area contributed by atoms with Gasteiger partial charge in [-0.3, -0.25) is 9.13 Å². The number of hydrogen-bond acceptors (Lipinski definition) is 23. The summed E-state index contributed by atoms with van der Waals surface area (Å²) < 4.78 is 64.6. The van der Waals surface area contributed by atoms with E-state index < -0.39 is 93.6 Å². The van der Waals surface area contributed by atoms with E-state index in [-0.39, 0.29) is 17.1 Å². The molecule has 2 saturated heterocycles. The lowest BCUT2D eigenvalue weighted by Gasteiger charge is -2.16. The Morgan fingerprint density at radius 2 is 0.929 bits per heavy atom. The fraction of sp³-hybridized carbons (Fsp3) is 0.500. The number of rotatable bonds is 10. The van der Waals surface area contributed by atoms with Crippen LogP contribution >= 0.6 is 31.3 Å². The van der Waals surface area contributed by atoms with E-state index in [0.717, 1.165) is 0 Å². The second-order valence-electron chi connectivity index (χ2n) is 10.8. The molecule has 0 radical (unpaired) electrons. The second-order valence-corrected chi connectivity index (χ2v) is 16.6. The molecule has 0 bridgehead atoms. The third-order valence-electron chi connectivity index (χ3n) is 6.98. The van der Waals surface area contributed by atoms with Crippen LogP contribution in [0.3, 0.4) is 0 Å². The highest BCUT2D eigenvalue weighted by Gasteiger charge is 2.46. The number of fused-ring (bicyclic) bond motifs is 2. The van der Waals surface area contributed by atoms with Crippen LogP contribution in [0.1, 0.15) is 12.5 Å². The second kappa shape index (κ2) is 18.2. The molecule has 2 unspecified atom stereocenters. The summed E-state index contributed by atoms with van der Waals surface area (Å²) in [4.78, 5) is 73.2. The Kier molecular flexibility index (Phi) is 15.4. The maximum absolute atomic E-state index is 10.7. The molecule has 2 aliphatic heterocycles. The molecule has 4 aromatic heterocycles. The first-order valence-corrected chi connectivity index (χ1v) is 20.4. The molecule has 2 fully saturated rings. The molecular formula is C20H34N10O22P4. The number of nitrogens with two attached hydrogens (primary N) is 2. The number of phosphoric acid groups is 4. The van der Waals surface area contributed by atoms with Crippen molar-refractivity contribution < 1.29 is 106 Å². The lowest BCUT2D eigenvalue weighted by molar-refractivity contribution is -0.0511. The van der Waals surface area contributed by atoms with Gasteiger partial charge in [0, 0.05) is 0 Å². The standard InChI is InChI=1S/2C10H13N5O4.H6O13P4.H2O/c2*11-8-5-9(13-2-12-8)15(3-14-5)10-7(18)6(17)4(1-16)19-10;1-14(2,3)11-16(7,8)13-17(9,10)12-15(4,5)6;/h2*2-4,6-7,10,16-18H,1H2,(H2,11,12,13);(H,7,8)(H,9,10)(H2,1,2,3)(H2,4,5,6);1H2/t2*4-,6-,7-,10-;;/m11../s1. The highest BCUT2D eigenvalue weighted by atomic mass is 31.3. The topological polar surface area (TPSA) is 528 Å². The molecule has 6 rings (SSSR count). The van der Waals surface area contributed by atoms with Gasteiger partial charge in [0.25, 0.3) is 0 Å². The van der Waals surface area contributed by atoms with Gasteiger partial charge in [-0.05, 0) is 0 Å². The molecule has 0 amide bonds. The first kappa shape index (κ1) is 47.3. The van der Waals surface area contributed by atoms with Crippen LogP contribution in [0.5, 0.6) is 0 Å². The highest BCUT2D eigenvalue weighted by Crippen LogP contribution is 2.69. The monoisotopic (exact) mass is 890 g/mol.